The van der Waals surface area contributed by atoms with Crippen molar-refractivity contribution in [2.45, 2.75) is 19.4 Å². The predicted octanol–water partition coefficient (Wildman–Crippen LogP) is 1.49. The fraction of sp³-hybridized carbons (Fsp3) is 0.643. The van der Waals surface area contributed by atoms with Crippen molar-refractivity contribution in [3.8, 4) is 0 Å². The van der Waals surface area contributed by atoms with Crippen LogP contribution in [0.25, 0.3) is 0 Å². The van der Waals surface area contributed by atoms with E-state index in [0.29, 0.717) is 0 Å². The van der Waals surface area contributed by atoms with Crippen LogP contribution in [0.15, 0.2) is 18.3 Å². The highest BCUT2D eigenvalue weighted by Gasteiger charge is 2.22. The minimum atomic E-state index is 0.0300. The maximum atomic E-state index is 6.01. The molecule has 0 aliphatic carbocycles. The van der Waals surface area contributed by atoms with Crippen molar-refractivity contribution in [3.05, 3.63) is 23.9 Å². The van der Waals surface area contributed by atoms with Gasteiger partial charge in [-0.2, -0.15) is 0 Å². The fourth-order valence-electron chi connectivity index (χ4n) is 2.73. The van der Waals surface area contributed by atoms with Crippen molar-refractivity contribution >= 4 is 5.82 Å². The summed E-state index contributed by atoms with van der Waals surface area (Å²) in [5, 5.41) is 0. The Morgan fingerprint density at radius 1 is 1.61 bits per heavy atom. The van der Waals surface area contributed by atoms with Gasteiger partial charge in [-0.05, 0) is 38.9 Å². The minimum absolute atomic E-state index is 0.0300. The van der Waals surface area contributed by atoms with Crippen LogP contribution in [0.5, 0.6) is 0 Å². The highest BCUT2D eigenvalue weighted by atomic mass is 15.2. The number of pyridine rings is 1. The maximum absolute atomic E-state index is 6.01. The molecule has 1 saturated heterocycles. The topological polar surface area (TPSA) is 45.4 Å². The van der Waals surface area contributed by atoms with Crippen LogP contribution in [0.1, 0.15) is 24.9 Å². The summed E-state index contributed by atoms with van der Waals surface area (Å²) < 4.78 is 0. The van der Waals surface area contributed by atoms with Gasteiger partial charge in [-0.25, -0.2) is 4.98 Å². The fourth-order valence-corrected chi connectivity index (χ4v) is 2.73. The molecule has 100 valence electrons. The average molecular weight is 248 g/mol. The summed E-state index contributed by atoms with van der Waals surface area (Å²) in [6, 6.07) is 4.06. The molecule has 4 nitrogen and oxygen atoms in total. The van der Waals surface area contributed by atoms with Crippen molar-refractivity contribution in [2.75, 3.05) is 38.6 Å². The molecular weight excluding hydrogens is 224 g/mol. The Bertz CT molecular complexity index is 391. The molecule has 1 aliphatic heterocycles. The summed E-state index contributed by atoms with van der Waals surface area (Å²) in [5.74, 6) is 1.77. The van der Waals surface area contributed by atoms with Crippen molar-refractivity contribution < 1.29 is 0 Å². The number of hydrogen-bond donors (Lipinski definition) is 1. The number of anilines is 1. The molecule has 18 heavy (non-hydrogen) atoms. The van der Waals surface area contributed by atoms with E-state index >= 15 is 0 Å². The lowest BCUT2D eigenvalue weighted by atomic mass is 10.1. The molecule has 2 atom stereocenters. The molecule has 0 spiro atoms. The first-order valence-corrected chi connectivity index (χ1v) is 6.68. The third-order valence-corrected chi connectivity index (χ3v) is 3.69. The molecule has 1 aromatic heterocycles. The third kappa shape index (κ3) is 3.00. The van der Waals surface area contributed by atoms with Crippen LogP contribution in [0.3, 0.4) is 0 Å². The van der Waals surface area contributed by atoms with E-state index < -0.39 is 0 Å². The average Bonchev–Trinajstić information content (AvgIpc) is 2.74. The van der Waals surface area contributed by atoms with Gasteiger partial charge in [0.15, 0.2) is 0 Å². The van der Waals surface area contributed by atoms with Crippen LogP contribution in [0.4, 0.5) is 5.82 Å². The van der Waals surface area contributed by atoms with Gasteiger partial charge in [0.25, 0.3) is 0 Å². The van der Waals surface area contributed by atoms with E-state index in [9.17, 15) is 0 Å². The SMILES string of the molecule is C[C@H](N)c1cccnc1N(C)CC1CCN(C)C1. The Balaban J connectivity index is 2.06. The lowest BCUT2D eigenvalue weighted by Gasteiger charge is -2.25. The van der Waals surface area contributed by atoms with Crippen molar-refractivity contribution in [1.82, 2.24) is 9.88 Å². The molecule has 2 heterocycles. The second kappa shape index (κ2) is 5.67. The van der Waals surface area contributed by atoms with Crippen LogP contribution in [-0.4, -0.2) is 43.6 Å². The first-order valence-electron chi connectivity index (χ1n) is 6.68. The molecule has 0 bridgehead atoms. The van der Waals surface area contributed by atoms with Crippen molar-refractivity contribution in [3.63, 3.8) is 0 Å². The normalized spacial score (nSPS) is 22.1. The summed E-state index contributed by atoms with van der Waals surface area (Å²) in [6.45, 7) is 5.46. The number of hydrogen-bond acceptors (Lipinski definition) is 4. The van der Waals surface area contributed by atoms with Crippen LogP contribution >= 0.6 is 0 Å². The largest absolute Gasteiger partial charge is 0.359 e. The zero-order valence-corrected chi connectivity index (χ0v) is 11.6. The lowest BCUT2D eigenvalue weighted by molar-refractivity contribution is 0.395. The highest BCUT2D eigenvalue weighted by Crippen LogP contribution is 2.24. The number of likely N-dealkylation sites (tertiary alicyclic amines) is 1. The molecule has 2 rings (SSSR count). The zero-order valence-electron chi connectivity index (χ0n) is 11.6. The summed E-state index contributed by atoms with van der Waals surface area (Å²) in [7, 11) is 4.31. The Morgan fingerprint density at radius 3 is 3.00 bits per heavy atom. The van der Waals surface area contributed by atoms with Gasteiger partial charge in [-0.3, -0.25) is 0 Å². The standard InChI is InChI=1S/C14H24N4/c1-11(15)13-5-4-7-16-14(13)18(3)10-12-6-8-17(2)9-12/h4-5,7,11-12H,6,8-10,15H2,1-3H3/t11-,12?/m0/s1. The van der Waals surface area contributed by atoms with E-state index in [0.717, 1.165) is 23.8 Å². The molecule has 1 aromatic rings. The van der Waals surface area contributed by atoms with Gasteiger partial charge >= 0.3 is 0 Å². The van der Waals surface area contributed by atoms with Crippen LogP contribution in [0, 0.1) is 5.92 Å². The first-order chi connectivity index (χ1) is 8.58. The van der Waals surface area contributed by atoms with E-state index in [4.69, 9.17) is 5.73 Å². The minimum Gasteiger partial charge on any atom is -0.359 e. The number of aromatic nitrogens is 1. The molecule has 0 aromatic carbocycles. The Hall–Kier alpha value is -1.13. The molecular formula is C14H24N4. The summed E-state index contributed by atoms with van der Waals surface area (Å²) in [5.41, 5.74) is 7.14. The maximum Gasteiger partial charge on any atom is 0.133 e. The highest BCUT2D eigenvalue weighted by molar-refractivity contribution is 5.47. The van der Waals surface area contributed by atoms with Gasteiger partial charge in [-0.15, -0.1) is 0 Å². The van der Waals surface area contributed by atoms with Crippen molar-refractivity contribution in [2.24, 2.45) is 11.7 Å². The molecule has 4 heteroatoms. The van der Waals surface area contributed by atoms with Gasteiger partial charge in [0, 0.05) is 37.9 Å². The summed E-state index contributed by atoms with van der Waals surface area (Å²) >= 11 is 0. The monoisotopic (exact) mass is 248 g/mol. The molecule has 0 radical (unpaired) electrons. The van der Waals surface area contributed by atoms with Crippen LogP contribution < -0.4 is 10.6 Å². The molecule has 0 saturated carbocycles. The zero-order chi connectivity index (χ0) is 13.1. The number of rotatable bonds is 4. The van der Waals surface area contributed by atoms with Gasteiger partial charge in [0.1, 0.15) is 5.82 Å². The first kappa shape index (κ1) is 13.3. The van der Waals surface area contributed by atoms with Crippen molar-refractivity contribution in [1.29, 1.82) is 0 Å². The van der Waals surface area contributed by atoms with Gasteiger partial charge in [-0.1, -0.05) is 6.07 Å². The van der Waals surface area contributed by atoms with Crippen LogP contribution in [0.2, 0.25) is 0 Å². The Labute approximate surface area is 110 Å². The molecule has 1 unspecified atom stereocenters. The molecule has 1 fully saturated rings. The molecule has 1 aliphatic rings. The lowest BCUT2D eigenvalue weighted by Crippen LogP contribution is -2.29. The van der Waals surface area contributed by atoms with Gasteiger partial charge < -0.3 is 15.5 Å². The van der Waals surface area contributed by atoms with Crippen LogP contribution in [-0.2, 0) is 0 Å². The quantitative estimate of drug-likeness (QED) is 0.877. The van der Waals surface area contributed by atoms with E-state index in [2.05, 4.69) is 34.9 Å². The Morgan fingerprint density at radius 2 is 2.39 bits per heavy atom. The third-order valence-electron chi connectivity index (χ3n) is 3.69. The van der Waals surface area contributed by atoms with E-state index in [1.165, 1.54) is 19.5 Å². The number of nitrogens with two attached hydrogens (primary N) is 1. The van der Waals surface area contributed by atoms with Gasteiger partial charge in [0.2, 0.25) is 0 Å². The van der Waals surface area contributed by atoms with E-state index in [1.54, 1.807) is 0 Å². The summed E-state index contributed by atoms with van der Waals surface area (Å²) in [4.78, 5) is 9.14. The number of nitrogens with zero attached hydrogens (tertiary/aromatic N) is 3. The molecule has 2 N–H and O–H groups in total. The predicted molar refractivity (Wildman–Crippen MR) is 75.7 cm³/mol. The summed E-state index contributed by atoms with van der Waals surface area (Å²) in [6.07, 6.45) is 3.12. The van der Waals surface area contributed by atoms with Gasteiger partial charge in [0.05, 0.1) is 0 Å². The Kier molecular flexibility index (Phi) is 4.19. The van der Waals surface area contributed by atoms with E-state index in [-0.39, 0.29) is 6.04 Å². The second-order valence-corrected chi connectivity index (χ2v) is 5.50. The smallest absolute Gasteiger partial charge is 0.133 e. The second-order valence-electron chi connectivity index (χ2n) is 5.50. The van der Waals surface area contributed by atoms with E-state index in [1.807, 2.05) is 19.2 Å². The molecule has 0 amide bonds.